The maximum atomic E-state index is 11.2. The fraction of sp³-hybridized carbons (Fsp3) is 0.333. The Labute approximate surface area is 91.3 Å². The summed E-state index contributed by atoms with van der Waals surface area (Å²) in [5.41, 5.74) is 0. The highest BCUT2D eigenvalue weighted by Gasteiger charge is 2.14. The van der Waals surface area contributed by atoms with Crippen molar-refractivity contribution in [1.29, 1.82) is 0 Å². The molecule has 14 heavy (non-hydrogen) atoms. The summed E-state index contributed by atoms with van der Waals surface area (Å²) >= 11 is 7.14. The third-order valence-corrected chi connectivity index (χ3v) is 2.89. The predicted octanol–water partition coefficient (Wildman–Crippen LogP) is 1.95. The molecule has 1 amide bonds. The molecule has 0 saturated heterocycles. The van der Waals surface area contributed by atoms with E-state index >= 15 is 0 Å². The topological polar surface area (TPSA) is 37.4 Å². The Morgan fingerprint density at radius 2 is 2.14 bits per heavy atom. The summed E-state index contributed by atoms with van der Waals surface area (Å²) < 4.78 is 0.684. The van der Waals surface area contributed by atoms with E-state index in [4.69, 9.17) is 11.6 Å². The van der Waals surface area contributed by atoms with Crippen molar-refractivity contribution in [2.75, 3.05) is 7.05 Å². The van der Waals surface area contributed by atoms with Gasteiger partial charge < -0.3 is 4.90 Å². The van der Waals surface area contributed by atoms with E-state index in [2.05, 4.69) is 0 Å². The lowest BCUT2D eigenvalue weighted by molar-refractivity contribution is -0.143. The standard InChI is InChI=1S/C9H10ClNO2S/c1-6(12)9(13)11(2)5-7-3-4-8(10)14-7/h3-4H,5H2,1-2H3. The van der Waals surface area contributed by atoms with Crippen molar-refractivity contribution in [3.8, 4) is 0 Å². The van der Waals surface area contributed by atoms with Crippen molar-refractivity contribution >= 4 is 34.6 Å². The normalized spacial score (nSPS) is 9.93. The van der Waals surface area contributed by atoms with Crippen LogP contribution in [0.1, 0.15) is 11.8 Å². The van der Waals surface area contributed by atoms with Crippen LogP contribution in [-0.4, -0.2) is 23.6 Å². The molecule has 0 saturated carbocycles. The van der Waals surface area contributed by atoms with Gasteiger partial charge in [0.15, 0.2) is 0 Å². The first-order valence-electron chi connectivity index (χ1n) is 4.01. The molecule has 0 unspecified atom stereocenters. The summed E-state index contributed by atoms with van der Waals surface area (Å²) in [6.45, 7) is 1.69. The zero-order valence-corrected chi connectivity index (χ0v) is 9.48. The van der Waals surface area contributed by atoms with Gasteiger partial charge in [-0.3, -0.25) is 9.59 Å². The predicted molar refractivity (Wildman–Crippen MR) is 56.5 cm³/mol. The molecule has 0 fully saturated rings. The molecule has 0 aliphatic heterocycles. The number of thiophene rings is 1. The number of carbonyl (C=O) groups excluding carboxylic acids is 2. The van der Waals surface area contributed by atoms with Gasteiger partial charge in [-0.25, -0.2) is 0 Å². The lowest BCUT2D eigenvalue weighted by Crippen LogP contribution is -2.30. The van der Waals surface area contributed by atoms with Crippen molar-refractivity contribution in [1.82, 2.24) is 4.90 Å². The highest BCUT2D eigenvalue weighted by atomic mass is 35.5. The molecule has 3 nitrogen and oxygen atoms in total. The Kier molecular flexibility index (Phi) is 3.66. The van der Waals surface area contributed by atoms with Gasteiger partial charge in [0.25, 0.3) is 5.91 Å². The number of Topliss-reactive ketones (excluding diaryl/α,β-unsaturated/α-hetero) is 1. The Morgan fingerprint density at radius 3 is 2.57 bits per heavy atom. The summed E-state index contributed by atoms with van der Waals surface area (Å²) in [7, 11) is 1.59. The molecule has 0 aromatic carbocycles. The zero-order valence-electron chi connectivity index (χ0n) is 7.91. The van der Waals surface area contributed by atoms with E-state index in [1.54, 1.807) is 13.1 Å². The molecule has 76 valence electrons. The molecule has 1 aromatic heterocycles. The molecule has 0 N–H and O–H groups in total. The van der Waals surface area contributed by atoms with Crippen LogP contribution < -0.4 is 0 Å². The van der Waals surface area contributed by atoms with Gasteiger partial charge in [0.05, 0.1) is 10.9 Å². The number of likely N-dealkylation sites (N-methyl/N-ethyl adjacent to an activating group) is 1. The second-order valence-corrected chi connectivity index (χ2v) is 4.72. The maximum Gasteiger partial charge on any atom is 0.289 e. The van der Waals surface area contributed by atoms with Crippen LogP contribution in [0, 0.1) is 0 Å². The van der Waals surface area contributed by atoms with Crippen molar-refractivity contribution in [3.05, 3.63) is 21.3 Å². The van der Waals surface area contributed by atoms with Crippen LogP contribution in [0.2, 0.25) is 4.34 Å². The van der Waals surface area contributed by atoms with Crippen LogP contribution in [0.4, 0.5) is 0 Å². The van der Waals surface area contributed by atoms with Crippen molar-refractivity contribution in [3.63, 3.8) is 0 Å². The van der Waals surface area contributed by atoms with E-state index in [0.29, 0.717) is 10.9 Å². The number of halogens is 1. The molecule has 1 rings (SSSR count). The van der Waals surface area contributed by atoms with Crippen LogP contribution >= 0.6 is 22.9 Å². The second-order valence-electron chi connectivity index (χ2n) is 2.92. The van der Waals surface area contributed by atoms with Crippen LogP contribution in [0.15, 0.2) is 12.1 Å². The Hall–Kier alpha value is -0.870. The van der Waals surface area contributed by atoms with E-state index in [1.807, 2.05) is 6.07 Å². The number of carbonyl (C=O) groups is 2. The van der Waals surface area contributed by atoms with Crippen molar-refractivity contribution < 1.29 is 9.59 Å². The number of nitrogens with zero attached hydrogens (tertiary/aromatic N) is 1. The second kappa shape index (κ2) is 4.57. The summed E-state index contributed by atoms with van der Waals surface area (Å²) in [5, 5.41) is 0. The first-order chi connectivity index (χ1) is 6.50. The fourth-order valence-corrected chi connectivity index (χ4v) is 2.15. The van der Waals surface area contributed by atoms with Gasteiger partial charge in [0.2, 0.25) is 5.78 Å². The Balaban J connectivity index is 2.61. The summed E-state index contributed by atoms with van der Waals surface area (Å²) in [4.78, 5) is 24.3. The van der Waals surface area contributed by atoms with Gasteiger partial charge in [-0.2, -0.15) is 0 Å². The molecule has 0 aliphatic carbocycles. The average Bonchev–Trinajstić information content (AvgIpc) is 2.49. The third kappa shape index (κ3) is 2.82. The smallest absolute Gasteiger partial charge is 0.289 e. The number of ketones is 1. The summed E-state index contributed by atoms with van der Waals surface area (Å²) in [6.07, 6.45) is 0. The fourth-order valence-electron chi connectivity index (χ4n) is 1.01. The zero-order chi connectivity index (χ0) is 10.7. The van der Waals surface area contributed by atoms with E-state index in [1.165, 1.54) is 23.2 Å². The minimum atomic E-state index is -0.477. The van der Waals surface area contributed by atoms with Crippen LogP contribution in [0.25, 0.3) is 0 Å². The molecular weight excluding hydrogens is 222 g/mol. The summed E-state index contributed by atoms with van der Waals surface area (Å²) in [6, 6.07) is 3.62. The van der Waals surface area contributed by atoms with Crippen LogP contribution in [0.3, 0.4) is 0 Å². The number of rotatable bonds is 3. The van der Waals surface area contributed by atoms with E-state index in [0.717, 1.165) is 4.88 Å². The number of hydrogen-bond donors (Lipinski definition) is 0. The van der Waals surface area contributed by atoms with Gasteiger partial charge in [-0.15, -0.1) is 11.3 Å². The number of amides is 1. The van der Waals surface area contributed by atoms with E-state index in [9.17, 15) is 9.59 Å². The third-order valence-electron chi connectivity index (χ3n) is 1.67. The van der Waals surface area contributed by atoms with Gasteiger partial charge in [-0.1, -0.05) is 11.6 Å². The summed E-state index contributed by atoms with van der Waals surface area (Å²) in [5.74, 6) is -0.926. The maximum absolute atomic E-state index is 11.2. The van der Waals surface area contributed by atoms with E-state index in [-0.39, 0.29) is 0 Å². The lowest BCUT2D eigenvalue weighted by atomic mass is 10.3. The molecule has 5 heteroatoms. The highest BCUT2D eigenvalue weighted by Crippen LogP contribution is 2.22. The molecule has 0 bridgehead atoms. The van der Waals surface area contributed by atoms with Gasteiger partial charge in [0, 0.05) is 18.8 Å². The quantitative estimate of drug-likeness (QED) is 0.746. The molecule has 0 radical (unpaired) electrons. The van der Waals surface area contributed by atoms with E-state index < -0.39 is 11.7 Å². The molecule has 0 aliphatic rings. The molecule has 0 spiro atoms. The molecule has 0 atom stereocenters. The molecule has 1 aromatic rings. The minimum absolute atomic E-state index is 0.426. The largest absolute Gasteiger partial charge is 0.334 e. The van der Waals surface area contributed by atoms with Gasteiger partial charge in [0.1, 0.15) is 0 Å². The van der Waals surface area contributed by atoms with Crippen LogP contribution in [0.5, 0.6) is 0 Å². The average molecular weight is 232 g/mol. The number of hydrogen-bond acceptors (Lipinski definition) is 3. The lowest BCUT2D eigenvalue weighted by Gasteiger charge is -2.13. The van der Waals surface area contributed by atoms with Gasteiger partial charge >= 0.3 is 0 Å². The Morgan fingerprint density at radius 1 is 1.50 bits per heavy atom. The first kappa shape index (κ1) is 11.2. The highest BCUT2D eigenvalue weighted by molar-refractivity contribution is 7.16. The van der Waals surface area contributed by atoms with Crippen molar-refractivity contribution in [2.24, 2.45) is 0 Å². The first-order valence-corrected chi connectivity index (χ1v) is 5.20. The van der Waals surface area contributed by atoms with Gasteiger partial charge in [-0.05, 0) is 12.1 Å². The Bertz CT molecular complexity index is 361. The minimum Gasteiger partial charge on any atom is -0.334 e. The molecular formula is C9H10ClNO2S. The monoisotopic (exact) mass is 231 g/mol. The van der Waals surface area contributed by atoms with Crippen molar-refractivity contribution in [2.45, 2.75) is 13.5 Å². The molecule has 1 heterocycles. The SMILES string of the molecule is CC(=O)C(=O)N(C)Cc1ccc(Cl)s1. The van der Waals surface area contributed by atoms with Crippen LogP contribution in [-0.2, 0) is 16.1 Å².